The highest BCUT2D eigenvalue weighted by atomic mass is 16.4. The second kappa shape index (κ2) is 8.34. The summed E-state index contributed by atoms with van der Waals surface area (Å²) >= 11 is 0. The van der Waals surface area contributed by atoms with Crippen LogP contribution in [0.15, 0.2) is 65.3 Å². The third-order valence-electron chi connectivity index (χ3n) is 5.22. The number of nitrogens with zero attached hydrogens (tertiary/aromatic N) is 1. The molecule has 152 valence electrons. The maximum atomic E-state index is 12.4. The van der Waals surface area contributed by atoms with Crippen molar-refractivity contribution < 1.29 is 14.7 Å². The van der Waals surface area contributed by atoms with Crippen LogP contribution in [0.1, 0.15) is 23.2 Å². The highest BCUT2D eigenvalue weighted by Crippen LogP contribution is 2.27. The van der Waals surface area contributed by atoms with Crippen LogP contribution in [0.4, 0.5) is 0 Å². The fraction of sp³-hybridized carbons (Fsp3) is 0.174. The van der Waals surface area contributed by atoms with E-state index >= 15 is 0 Å². The van der Waals surface area contributed by atoms with E-state index < -0.39 is 12.0 Å². The van der Waals surface area contributed by atoms with E-state index in [0.29, 0.717) is 23.4 Å². The first-order chi connectivity index (χ1) is 14.5. The fourth-order valence-electron chi connectivity index (χ4n) is 3.63. The van der Waals surface area contributed by atoms with Crippen LogP contribution >= 0.6 is 0 Å². The molecule has 0 fully saturated rings. The van der Waals surface area contributed by atoms with Crippen molar-refractivity contribution in [2.45, 2.75) is 25.3 Å². The molecule has 0 saturated heterocycles. The van der Waals surface area contributed by atoms with E-state index in [4.69, 9.17) is 5.73 Å². The van der Waals surface area contributed by atoms with Crippen molar-refractivity contribution in [3.63, 3.8) is 0 Å². The molecule has 0 spiro atoms. The predicted molar refractivity (Wildman–Crippen MR) is 116 cm³/mol. The Morgan fingerprint density at radius 3 is 2.60 bits per heavy atom. The summed E-state index contributed by atoms with van der Waals surface area (Å²) in [5.41, 5.74) is 13.0. The highest BCUT2D eigenvalue weighted by molar-refractivity contribution is 6.27. The van der Waals surface area contributed by atoms with E-state index in [1.165, 1.54) is 0 Å². The topological polar surface area (TPSA) is 121 Å². The minimum Gasteiger partial charge on any atom is -0.480 e. The van der Waals surface area contributed by atoms with E-state index in [-0.39, 0.29) is 12.3 Å². The van der Waals surface area contributed by atoms with Crippen molar-refractivity contribution in [2.75, 3.05) is 0 Å². The molecule has 2 aromatic carbocycles. The van der Waals surface area contributed by atoms with Crippen LogP contribution in [-0.4, -0.2) is 33.7 Å². The zero-order chi connectivity index (χ0) is 21.1. The lowest BCUT2D eigenvalue weighted by Crippen LogP contribution is -2.32. The van der Waals surface area contributed by atoms with Crippen molar-refractivity contribution in [1.29, 1.82) is 0 Å². The molecule has 2 heterocycles. The van der Waals surface area contributed by atoms with Gasteiger partial charge in [0.25, 0.3) is 5.91 Å². The maximum Gasteiger partial charge on any atom is 0.320 e. The van der Waals surface area contributed by atoms with Crippen LogP contribution in [0.2, 0.25) is 0 Å². The number of aromatic amines is 1. The molecule has 7 heteroatoms. The van der Waals surface area contributed by atoms with Crippen molar-refractivity contribution >= 4 is 34.6 Å². The average Bonchev–Trinajstić information content (AvgIpc) is 3.28. The number of carbonyl (C=O) groups excluding carboxylic acids is 1. The number of amides is 1. The Morgan fingerprint density at radius 1 is 1.10 bits per heavy atom. The van der Waals surface area contributed by atoms with Crippen molar-refractivity contribution in [1.82, 2.24) is 10.4 Å². The van der Waals surface area contributed by atoms with E-state index in [2.05, 4.69) is 15.5 Å². The molecule has 1 atom stereocenters. The average molecular weight is 402 g/mol. The predicted octanol–water partition coefficient (Wildman–Crippen LogP) is 2.62. The van der Waals surface area contributed by atoms with Crippen molar-refractivity contribution in [3.8, 4) is 0 Å². The number of carbonyl (C=O) groups is 2. The Morgan fingerprint density at radius 2 is 1.83 bits per heavy atom. The van der Waals surface area contributed by atoms with E-state index in [9.17, 15) is 14.7 Å². The summed E-state index contributed by atoms with van der Waals surface area (Å²) in [7, 11) is 0. The quantitative estimate of drug-likeness (QED) is 0.454. The van der Waals surface area contributed by atoms with E-state index in [1.807, 2.05) is 54.6 Å². The number of H-pyrrole nitrogens is 1. The minimum atomic E-state index is -1.07. The highest BCUT2D eigenvalue weighted by Gasteiger charge is 2.24. The van der Waals surface area contributed by atoms with Crippen LogP contribution in [0.5, 0.6) is 0 Å². The maximum absolute atomic E-state index is 12.4. The molecule has 4 rings (SSSR count). The number of carboxylic acid groups (broad SMARTS) is 1. The summed E-state index contributed by atoms with van der Waals surface area (Å²) in [4.78, 5) is 27.0. The van der Waals surface area contributed by atoms with Gasteiger partial charge >= 0.3 is 5.97 Å². The van der Waals surface area contributed by atoms with Crippen LogP contribution in [0.3, 0.4) is 0 Å². The van der Waals surface area contributed by atoms with Gasteiger partial charge in [-0.2, -0.15) is 5.10 Å². The van der Waals surface area contributed by atoms with Gasteiger partial charge in [0.1, 0.15) is 6.04 Å². The van der Waals surface area contributed by atoms with Gasteiger partial charge < -0.3 is 15.8 Å². The zero-order valence-corrected chi connectivity index (χ0v) is 16.3. The standard InChI is InChI=1S/C23H22N4O3/c24-18(23(29)30)12-16-15-8-4-5-9-19(15)25-21(16)13-17-20(26-27-22(17)28)11-10-14-6-2-1-3-7-14/h1-9,13,18,25H,10-12,24H2,(H,27,28)(H,29,30)/b17-13-. The summed E-state index contributed by atoms with van der Waals surface area (Å²) < 4.78 is 0. The Balaban J connectivity index is 1.67. The summed E-state index contributed by atoms with van der Waals surface area (Å²) in [6, 6.07) is 16.6. The molecule has 7 nitrogen and oxygen atoms in total. The second-order valence-corrected chi connectivity index (χ2v) is 7.25. The van der Waals surface area contributed by atoms with Gasteiger partial charge in [-0.3, -0.25) is 9.59 Å². The number of benzene rings is 2. The third kappa shape index (κ3) is 4.01. The normalized spacial score (nSPS) is 16.0. The third-order valence-corrected chi connectivity index (χ3v) is 5.22. The SMILES string of the molecule is NC(Cc1c(/C=C2\C(=O)NN=C2CCc2ccccc2)[nH]c2ccccc12)C(=O)O. The molecule has 0 radical (unpaired) electrons. The molecule has 5 N–H and O–H groups in total. The van der Waals surface area contributed by atoms with Crippen LogP contribution in [-0.2, 0) is 22.4 Å². The summed E-state index contributed by atoms with van der Waals surface area (Å²) in [6.45, 7) is 0. The zero-order valence-electron chi connectivity index (χ0n) is 16.3. The van der Waals surface area contributed by atoms with Crippen molar-refractivity contribution in [2.24, 2.45) is 10.8 Å². The number of hydrazone groups is 1. The molecule has 1 aromatic heterocycles. The molecule has 0 aliphatic carbocycles. The van der Waals surface area contributed by atoms with Gasteiger partial charge in [0.05, 0.1) is 11.3 Å². The van der Waals surface area contributed by atoms with E-state index in [1.54, 1.807) is 6.08 Å². The number of para-hydroxylation sites is 1. The Hall–Kier alpha value is -3.71. The molecule has 1 amide bonds. The van der Waals surface area contributed by atoms with Gasteiger partial charge in [-0.1, -0.05) is 48.5 Å². The molecule has 1 aliphatic heterocycles. The Bertz CT molecular complexity index is 1160. The molecule has 3 aromatic rings. The number of carboxylic acids is 1. The first kappa shape index (κ1) is 19.6. The molecular weight excluding hydrogens is 380 g/mol. The van der Waals surface area contributed by atoms with Crippen LogP contribution in [0, 0.1) is 0 Å². The summed E-state index contributed by atoms with van der Waals surface area (Å²) in [5, 5.41) is 14.3. The molecule has 30 heavy (non-hydrogen) atoms. The minimum absolute atomic E-state index is 0.149. The largest absolute Gasteiger partial charge is 0.480 e. The second-order valence-electron chi connectivity index (χ2n) is 7.25. The summed E-state index contributed by atoms with van der Waals surface area (Å²) in [6.07, 6.45) is 3.26. The summed E-state index contributed by atoms with van der Waals surface area (Å²) in [5.74, 6) is -1.34. The van der Waals surface area contributed by atoms with E-state index in [0.717, 1.165) is 28.5 Å². The van der Waals surface area contributed by atoms with Gasteiger partial charge in [-0.15, -0.1) is 0 Å². The van der Waals surface area contributed by atoms with Crippen LogP contribution < -0.4 is 11.2 Å². The monoisotopic (exact) mass is 402 g/mol. The lowest BCUT2D eigenvalue weighted by Gasteiger charge is -2.08. The van der Waals surface area contributed by atoms with Gasteiger partial charge in [0.15, 0.2) is 0 Å². The lowest BCUT2D eigenvalue weighted by atomic mass is 9.98. The number of fused-ring (bicyclic) bond motifs is 1. The number of nitrogens with two attached hydrogens (primary N) is 1. The van der Waals surface area contributed by atoms with Gasteiger partial charge in [0, 0.05) is 23.0 Å². The molecule has 0 bridgehead atoms. The smallest absolute Gasteiger partial charge is 0.320 e. The molecule has 1 unspecified atom stereocenters. The first-order valence-corrected chi connectivity index (χ1v) is 9.74. The number of hydrogen-bond acceptors (Lipinski definition) is 4. The first-order valence-electron chi connectivity index (χ1n) is 9.74. The number of nitrogens with one attached hydrogen (secondary N) is 2. The number of hydrogen-bond donors (Lipinski definition) is 4. The molecular formula is C23H22N4O3. The molecule has 0 saturated carbocycles. The number of aromatic nitrogens is 1. The van der Waals surface area contributed by atoms with Crippen molar-refractivity contribution in [3.05, 3.63) is 77.0 Å². The lowest BCUT2D eigenvalue weighted by molar-refractivity contribution is -0.138. The molecule has 1 aliphatic rings. The number of aliphatic carboxylic acids is 1. The number of aryl methyl sites for hydroxylation is 1. The fourth-order valence-corrected chi connectivity index (χ4v) is 3.63. The van der Waals surface area contributed by atoms with Gasteiger partial charge in [-0.25, -0.2) is 5.43 Å². The van der Waals surface area contributed by atoms with Gasteiger partial charge in [-0.05, 0) is 36.1 Å². The Labute approximate surface area is 173 Å². The number of rotatable bonds is 7. The van der Waals surface area contributed by atoms with Gasteiger partial charge in [0.2, 0.25) is 0 Å². The van der Waals surface area contributed by atoms with Crippen LogP contribution in [0.25, 0.3) is 17.0 Å². The Kier molecular flexibility index (Phi) is 5.45.